The number of para-hydroxylation sites is 1. The Kier molecular flexibility index (Phi) is 4.48. The van der Waals surface area contributed by atoms with Crippen LogP contribution < -0.4 is 19.9 Å². The Bertz CT molecular complexity index is 1440. The molecule has 1 aliphatic heterocycles. The number of aromatic nitrogens is 1. The van der Waals surface area contributed by atoms with E-state index in [2.05, 4.69) is 11.6 Å². The molecule has 3 heterocycles. The molecule has 30 heavy (non-hydrogen) atoms. The minimum atomic E-state index is -0.712. The number of ether oxygens (including phenoxy) is 2. The first-order chi connectivity index (χ1) is 14.6. The molecule has 0 atom stereocenters. The van der Waals surface area contributed by atoms with Crippen molar-refractivity contribution in [3.8, 4) is 11.5 Å². The Morgan fingerprint density at radius 2 is 1.93 bits per heavy atom. The van der Waals surface area contributed by atoms with E-state index in [4.69, 9.17) is 13.9 Å². The summed E-state index contributed by atoms with van der Waals surface area (Å²) in [5, 5.41) is 0.660. The number of fused-ring (bicyclic) bond motifs is 3. The number of hydrogen-bond donors (Lipinski definition) is 0. The van der Waals surface area contributed by atoms with Crippen LogP contribution >= 0.6 is 11.3 Å². The molecule has 0 unspecified atom stereocenters. The molecule has 0 bridgehead atoms. The molecule has 1 aliphatic rings. The number of amides is 1. The fourth-order valence-corrected chi connectivity index (χ4v) is 4.40. The highest BCUT2D eigenvalue weighted by Gasteiger charge is 2.18. The van der Waals surface area contributed by atoms with Crippen LogP contribution in [0.2, 0.25) is 0 Å². The molecule has 4 aromatic rings. The fraction of sp³-hybridized carbons (Fsp3) is 0.136. The number of allylic oxidation sites excluding steroid dienone is 1. The van der Waals surface area contributed by atoms with Gasteiger partial charge in [-0.05, 0) is 12.1 Å². The van der Waals surface area contributed by atoms with Gasteiger partial charge in [0.25, 0.3) is 5.91 Å². The van der Waals surface area contributed by atoms with Gasteiger partial charge in [-0.3, -0.25) is 4.79 Å². The molecule has 0 saturated heterocycles. The van der Waals surface area contributed by atoms with E-state index in [0.717, 1.165) is 10.2 Å². The first kappa shape index (κ1) is 18.4. The average molecular weight is 420 g/mol. The fourth-order valence-electron chi connectivity index (χ4n) is 3.36. The van der Waals surface area contributed by atoms with Gasteiger partial charge in [-0.25, -0.2) is 4.79 Å². The lowest BCUT2D eigenvalue weighted by atomic mass is 10.2. The number of hydrogen-bond acceptors (Lipinski definition) is 6. The lowest BCUT2D eigenvalue weighted by Crippen LogP contribution is -2.19. The minimum absolute atomic E-state index is 0.109. The molecule has 5 rings (SSSR count). The van der Waals surface area contributed by atoms with Crippen molar-refractivity contribution in [2.45, 2.75) is 6.54 Å². The largest absolute Gasteiger partial charge is 0.486 e. The second kappa shape index (κ2) is 7.31. The summed E-state index contributed by atoms with van der Waals surface area (Å²) >= 11 is 1.33. The maximum Gasteiger partial charge on any atom is 0.349 e. The van der Waals surface area contributed by atoms with Crippen LogP contribution in [0.4, 0.5) is 0 Å². The van der Waals surface area contributed by atoms with Gasteiger partial charge < -0.3 is 18.5 Å². The summed E-state index contributed by atoms with van der Waals surface area (Å²) in [7, 11) is 0. The smallest absolute Gasteiger partial charge is 0.349 e. The number of carbonyl (C=O) groups is 1. The predicted molar refractivity (Wildman–Crippen MR) is 113 cm³/mol. The average Bonchev–Trinajstić information content (AvgIpc) is 3.07. The normalized spacial score (nSPS) is 13.7. The van der Waals surface area contributed by atoms with Gasteiger partial charge in [-0.2, -0.15) is 4.99 Å². The van der Waals surface area contributed by atoms with Crippen molar-refractivity contribution in [1.82, 2.24) is 4.57 Å². The van der Waals surface area contributed by atoms with E-state index in [9.17, 15) is 9.59 Å². The second-order valence-electron chi connectivity index (χ2n) is 6.65. The van der Waals surface area contributed by atoms with Gasteiger partial charge >= 0.3 is 5.63 Å². The summed E-state index contributed by atoms with van der Waals surface area (Å²) in [5.74, 6) is 0.655. The SMILES string of the molecule is C=CCn1c(=NC(=O)c2cc3ccccc3oc2=O)sc2cc3c(cc21)OCCO3. The molecule has 0 saturated carbocycles. The topological polar surface area (TPSA) is 83.0 Å². The Hall–Kier alpha value is -3.65. The maximum atomic E-state index is 12.9. The summed E-state index contributed by atoms with van der Waals surface area (Å²) in [6.45, 7) is 5.21. The Labute approximate surface area is 174 Å². The second-order valence-corrected chi connectivity index (χ2v) is 7.66. The number of carbonyl (C=O) groups excluding carboxylic acids is 1. The van der Waals surface area contributed by atoms with E-state index < -0.39 is 11.5 Å². The lowest BCUT2D eigenvalue weighted by Gasteiger charge is -2.18. The van der Waals surface area contributed by atoms with Gasteiger partial charge in [0.05, 0.1) is 10.2 Å². The molecular formula is C22H16N2O5S. The first-order valence-corrected chi connectivity index (χ1v) is 10.1. The predicted octanol–water partition coefficient (Wildman–Crippen LogP) is 3.51. The van der Waals surface area contributed by atoms with Crippen molar-refractivity contribution in [3.05, 3.63) is 75.9 Å². The van der Waals surface area contributed by atoms with Crippen molar-refractivity contribution < 1.29 is 18.7 Å². The quantitative estimate of drug-likeness (QED) is 0.374. The van der Waals surface area contributed by atoms with E-state index in [1.807, 2.05) is 22.8 Å². The zero-order valence-corrected chi connectivity index (χ0v) is 16.6. The van der Waals surface area contributed by atoms with Crippen molar-refractivity contribution in [2.75, 3.05) is 13.2 Å². The summed E-state index contributed by atoms with van der Waals surface area (Å²) in [4.78, 5) is 29.9. The van der Waals surface area contributed by atoms with E-state index in [-0.39, 0.29) is 5.56 Å². The molecule has 150 valence electrons. The molecule has 8 heteroatoms. The van der Waals surface area contributed by atoms with Gasteiger partial charge in [0.1, 0.15) is 24.4 Å². The summed E-state index contributed by atoms with van der Waals surface area (Å²) in [6, 6.07) is 12.3. The van der Waals surface area contributed by atoms with Crippen molar-refractivity contribution >= 4 is 38.4 Å². The van der Waals surface area contributed by atoms with Crippen LogP contribution in [0.15, 0.2) is 69.3 Å². The zero-order chi connectivity index (χ0) is 20.7. The number of thiazole rings is 1. The van der Waals surface area contributed by atoms with Gasteiger partial charge in [-0.1, -0.05) is 35.6 Å². The molecule has 0 radical (unpaired) electrons. The molecule has 0 spiro atoms. The number of benzene rings is 2. The lowest BCUT2D eigenvalue weighted by molar-refractivity contribution is 0.0994. The standard InChI is InChI=1S/C22H16N2O5S/c1-2-7-24-15-11-17-18(28-9-8-27-17)12-19(15)30-22(24)23-20(25)14-10-13-5-3-4-6-16(13)29-21(14)26/h2-6,10-12H,1,7-9H2. The molecule has 0 aliphatic carbocycles. The van der Waals surface area contributed by atoms with Crippen molar-refractivity contribution in [3.63, 3.8) is 0 Å². The van der Waals surface area contributed by atoms with Gasteiger partial charge in [0.2, 0.25) is 0 Å². The van der Waals surface area contributed by atoms with Crippen LogP contribution in [0, 0.1) is 0 Å². The van der Waals surface area contributed by atoms with E-state index >= 15 is 0 Å². The monoisotopic (exact) mass is 420 g/mol. The van der Waals surface area contributed by atoms with Crippen LogP contribution in [0.1, 0.15) is 10.4 Å². The Morgan fingerprint density at radius 3 is 2.73 bits per heavy atom. The van der Waals surface area contributed by atoms with E-state index in [0.29, 0.717) is 47.0 Å². The number of rotatable bonds is 3. The van der Waals surface area contributed by atoms with Crippen LogP contribution in [0.5, 0.6) is 11.5 Å². The van der Waals surface area contributed by atoms with Gasteiger partial charge in [0.15, 0.2) is 16.3 Å². The third-order valence-electron chi connectivity index (χ3n) is 4.73. The molecule has 1 amide bonds. The van der Waals surface area contributed by atoms with Crippen LogP contribution in [-0.2, 0) is 6.54 Å². The minimum Gasteiger partial charge on any atom is -0.486 e. The van der Waals surface area contributed by atoms with Gasteiger partial charge in [0, 0.05) is 24.1 Å². The third kappa shape index (κ3) is 3.11. The van der Waals surface area contributed by atoms with Crippen LogP contribution in [-0.4, -0.2) is 23.7 Å². The van der Waals surface area contributed by atoms with Crippen LogP contribution in [0.3, 0.4) is 0 Å². The van der Waals surface area contributed by atoms with Crippen molar-refractivity contribution in [2.24, 2.45) is 4.99 Å². The van der Waals surface area contributed by atoms with E-state index in [1.54, 1.807) is 24.3 Å². The van der Waals surface area contributed by atoms with Gasteiger partial charge in [-0.15, -0.1) is 6.58 Å². The number of nitrogens with zero attached hydrogens (tertiary/aromatic N) is 2. The molecule has 2 aromatic carbocycles. The molecule has 7 nitrogen and oxygen atoms in total. The van der Waals surface area contributed by atoms with Crippen molar-refractivity contribution in [1.29, 1.82) is 0 Å². The molecule has 0 fully saturated rings. The van der Waals surface area contributed by atoms with E-state index in [1.165, 1.54) is 17.4 Å². The highest BCUT2D eigenvalue weighted by molar-refractivity contribution is 7.16. The molecular weight excluding hydrogens is 404 g/mol. The highest BCUT2D eigenvalue weighted by atomic mass is 32.1. The van der Waals surface area contributed by atoms with Crippen LogP contribution in [0.25, 0.3) is 21.2 Å². The summed E-state index contributed by atoms with van der Waals surface area (Å²) in [5.41, 5.74) is 0.452. The molecule has 2 aromatic heterocycles. The summed E-state index contributed by atoms with van der Waals surface area (Å²) in [6.07, 6.45) is 1.72. The Morgan fingerprint density at radius 1 is 1.17 bits per heavy atom. The molecule has 0 N–H and O–H groups in total. The highest BCUT2D eigenvalue weighted by Crippen LogP contribution is 2.35. The third-order valence-corrected chi connectivity index (χ3v) is 5.77. The Balaban J connectivity index is 1.67. The zero-order valence-electron chi connectivity index (χ0n) is 15.8. The maximum absolute atomic E-state index is 12.9. The summed E-state index contributed by atoms with van der Waals surface area (Å²) < 4.78 is 19.3. The first-order valence-electron chi connectivity index (χ1n) is 9.30.